The van der Waals surface area contributed by atoms with Crippen molar-refractivity contribution in [2.24, 2.45) is 0 Å². The van der Waals surface area contributed by atoms with Crippen molar-refractivity contribution in [1.82, 2.24) is 9.97 Å². The highest BCUT2D eigenvalue weighted by Gasteiger charge is 2.39. The quantitative estimate of drug-likeness (QED) is 0.391. The Morgan fingerprint density at radius 1 is 1.19 bits per heavy atom. The Morgan fingerprint density at radius 2 is 1.92 bits per heavy atom. The second-order valence-electron chi connectivity index (χ2n) is 8.70. The number of aliphatic hydroxyl groups excluding tert-OH is 1. The summed E-state index contributed by atoms with van der Waals surface area (Å²) in [6.07, 6.45) is -2.76. The van der Waals surface area contributed by atoms with Crippen LogP contribution in [-0.4, -0.2) is 34.2 Å². The summed E-state index contributed by atoms with van der Waals surface area (Å²) in [4.78, 5) is 30.4. The number of nitrogens with one attached hydrogen (secondary N) is 2. The highest BCUT2D eigenvalue weighted by atomic mass is 19.4. The number of H-pyrrole nitrogens is 1. The summed E-state index contributed by atoms with van der Waals surface area (Å²) in [5.74, 6) is -1.19. The fraction of sp³-hybridized carbons (Fsp3) is 0.320. The predicted octanol–water partition coefficient (Wildman–Crippen LogP) is 4.44. The molecule has 0 radical (unpaired) electrons. The van der Waals surface area contributed by atoms with Gasteiger partial charge in [-0.2, -0.15) is 13.2 Å². The van der Waals surface area contributed by atoms with Crippen LogP contribution in [0.2, 0.25) is 0 Å². The Hall–Kier alpha value is -3.73. The second-order valence-corrected chi connectivity index (χ2v) is 8.70. The van der Waals surface area contributed by atoms with Gasteiger partial charge < -0.3 is 20.1 Å². The Kier molecular flexibility index (Phi) is 7.83. The molecule has 3 N–H and O–H groups in total. The summed E-state index contributed by atoms with van der Waals surface area (Å²) in [6.45, 7) is 4.30. The van der Waals surface area contributed by atoms with Gasteiger partial charge in [0.2, 0.25) is 5.91 Å². The Bertz CT molecular complexity index is 1320. The minimum atomic E-state index is -4.76. The fourth-order valence-electron chi connectivity index (χ4n) is 3.55. The number of hydrogen-bond donors (Lipinski definition) is 3. The van der Waals surface area contributed by atoms with Crippen molar-refractivity contribution in [1.29, 1.82) is 0 Å². The smallest absolute Gasteiger partial charge is 0.418 e. The monoisotopic (exact) mass is 507 g/mol. The second kappa shape index (κ2) is 10.5. The lowest BCUT2D eigenvalue weighted by Crippen LogP contribution is -2.28. The number of benzene rings is 1. The minimum absolute atomic E-state index is 0.0145. The van der Waals surface area contributed by atoms with Gasteiger partial charge in [-0.3, -0.25) is 14.6 Å². The lowest BCUT2D eigenvalue weighted by atomic mass is 9.86. The lowest BCUT2D eigenvalue weighted by Gasteiger charge is -2.25. The van der Waals surface area contributed by atoms with Gasteiger partial charge in [0.1, 0.15) is 11.6 Å². The number of aromatic amines is 1. The normalized spacial score (nSPS) is 11.9. The van der Waals surface area contributed by atoms with E-state index in [1.165, 1.54) is 44.3 Å². The summed E-state index contributed by atoms with van der Waals surface area (Å²) < 4.78 is 61.0. The zero-order chi connectivity index (χ0) is 26.7. The zero-order valence-electron chi connectivity index (χ0n) is 19.8. The first-order valence-corrected chi connectivity index (χ1v) is 11.0. The van der Waals surface area contributed by atoms with Crippen molar-refractivity contribution in [3.05, 3.63) is 75.7 Å². The van der Waals surface area contributed by atoms with Gasteiger partial charge in [-0.1, -0.05) is 26.0 Å². The SMILES string of the molecule is CCOc1cc(=O)[nH]cc1-c1ccc(CC(=O)Nc2cnc(C(C)(C)CO)c(C(F)(F)F)c2)c(F)c1. The number of aliphatic hydroxyl groups is 1. The maximum atomic E-state index is 14.8. The summed E-state index contributed by atoms with van der Waals surface area (Å²) in [7, 11) is 0. The standard InChI is InChI=1S/C25H25F4N3O4/c1-4-36-20-10-21(34)30-12-17(20)14-5-6-15(19(26)7-14)8-22(35)32-16-9-18(25(27,28)29)23(31-11-16)24(2,3)13-33/h5-7,9-12,33H,4,8,13H2,1-3H3,(H,30,34)(H,32,35). The number of carbonyl (C=O) groups is 1. The number of rotatable bonds is 8. The van der Waals surface area contributed by atoms with Gasteiger partial charge in [0.05, 0.1) is 42.8 Å². The molecule has 0 unspecified atom stereocenters. The number of pyridine rings is 2. The van der Waals surface area contributed by atoms with E-state index >= 15 is 0 Å². The first kappa shape index (κ1) is 26.9. The molecule has 0 atom stereocenters. The van der Waals surface area contributed by atoms with Gasteiger partial charge in [-0.25, -0.2) is 4.39 Å². The fourth-order valence-corrected chi connectivity index (χ4v) is 3.55. The van der Waals surface area contributed by atoms with E-state index in [2.05, 4.69) is 15.3 Å². The van der Waals surface area contributed by atoms with Crippen LogP contribution in [0.1, 0.15) is 37.6 Å². The molecule has 2 heterocycles. The van der Waals surface area contributed by atoms with Crippen LogP contribution >= 0.6 is 0 Å². The van der Waals surface area contributed by atoms with E-state index in [4.69, 9.17) is 4.74 Å². The third-order valence-corrected chi connectivity index (χ3v) is 5.41. The van der Waals surface area contributed by atoms with E-state index in [-0.39, 0.29) is 28.3 Å². The number of nitrogens with zero attached hydrogens (tertiary/aromatic N) is 1. The molecule has 3 rings (SSSR count). The van der Waals surface area contributed by atoms with Crippen LogP contribution in [0.3, 0.4) is 0 Å². The average molecular weight is 507 g/mol. The molecule has 0 aliphatic carbocycles. The molecule has 7 nitrogen and oxygen atoms in total. The predicted molar refractivity (Wildman–Crippen MR) is 125 cm³/mol. The summed E-state index contributed by atoms with van der Waals surface area (Å²) in [6, 6.07) is 6.07. The van der Waals surface area contributed by atoms with Crippen molar-refractivity contribution in [2.45, 2.75) is 38.8 Å². The molecule has 3 aromatic rings. The Balaban J connectivity index is 1.82. The van der Waals surface area contributed by atoms with Gasteiger partial charge in [-0.15, -0.1) is 0 Å². The average Bonchev–Trinajstić information content (AvgIpc) is 2.80. The largest absolute Gasteiger partial charge is 0.493 e. The maximum absolute atomic E-state index is 14.8. The number of anilines is 1. The first-order chi connectivity index (χ1) is 16.9. The van der Waals surface area contributed by atoms with E-state index in [0.29, 0.717) is 17.7 Å². The molecule has 0 aliphatic heterocycles. The maximum Gasteiger partial charge on any atom is 0.418 e. The molecular weight excluding hydrogens is 482 g/mol. The van der Waals surface area contributed by atoms with Crippen LogP contribution in [0, 0.1) is 5.82 Å². The summed E-state index contributed by atoms with van der Waals surface area (Å²) in [5.41, 5.74) is -2.43. The zero-order valence-corrected chi connectivity index (χ0v) is 19.8. The molecule has 0 spiro atoms. The summed E-state index contributed by atoms with van der Waals surface area (Å²) >= 11 is 0. The molecule has 0 aliphatic rings. The number of halogens is 4. The van der Waals surface area contributed by atoms with E-state index in [1.54, 1.807) is 6.92 Å². The van der Waals surface area contributed by atoms with Crippen LogP contribution < -0.4 is 15.6 Å². The molecule has 11 heteroatoms. The highest BCUT2D eigenvalue weighted by molar-refractivity contribution is 5.92. The van der Waals surface area contributed by atoms with Crippen molar-refractivity contribution in [2.75, 3.05) is 18.5 Å². The Morgan fingerprint density at radius 3 is 2.53 bits per heavy atom. The third kappa shape index (κ3) is 6.09. The van der Waals surface area contributed by atoms with Gasteiger partial charge >= 0.3 is 6.18 Å². The van der Waals surface area contributed by atoms with Crippen molar-refractivity contribution in [3.8, 4) is 16.9 Å². The molecular formula is C25H25F4N3O4. The first-order valence-electron chi connectivity index (χ1n) is 11.0. The molecule has 0 bridgehead atoms. The molecule has 1 aromatic carbocycles. The van der Waals surface area contributed by atoms with Crippen LogP contribution in [0.5, 0.6) is 5.75 Å². The highest BCUT2D eigenvalue weighted by Crippen LogP contribution is 2.37. The summed E-state index contributed by atoms with van der Waals surface area (Å²) in [5, 5.41) is 11.8. The van der Waals surface area contributed by atoms with Gasteiger partial charge in [-0.05, 0) is 30.2 Å². The Labute approximate surface area is 204 Å². The van der Waals surface area contributed by atoms with Crippen LogP contribution in [0.15, 0.2) is 47.5 Å². The van der Waals surface area contributed by atoms with Gasteiger partial charge in [0.25, 0.3) is 5.56 Å². The van der Waals surface area contributed by atoms with Crippen molar-refractivity contribution in [3.63, 3.8) is 0 Å². The van der Waals surface area contributed by atoms with Crippen molar-refractivity contribution >= 4 is 11.6 Å². The number of amides is 1. The van der Waals surface area contributed by atoms with E-state index in [9.17, 15) is 32.3 Å². The molecule has 0 fully saturated rings. The number of aromatic nitrogens is 2. The van der Waals surface area contributed by atoms with Crippen molar-refractivity contribution < 1.29 is 32.2 Å². The molecule has 0 saturated heterocycles. The van der Waals surface area contributed by atoms with Gasteiger partial charge in [0, 0.05) is 23.2 Å². The molecule has 36 heavy (non-hydrogen) atoms. The number of ether oxygens (including phenoxy) is 1. The number of hydrogen-bond acceptors (Lipinski definition) is 5. The number of alkyl halides is 3. The molecule has 2 aromatic heterocycles. The molecule has 0 saturated carbocycles. The lowest BCUT2D eigenvalue weighted by molar-refractivity contribution is -0.139. The van der Waals surface area contributed by atoms with Crippen LogP contribution in [0.4, 0.5) is 23.2 Å². The van der Waals surface area contributed by atoms with Crippen LogP contribution in [-0.2, 0) is 22.8 Å². The van der Waals surface area contributed by atoms with Crippen LogP contribution in [0.25, 0.3) is 11.1 Å². The van der Waals surface area contributed by atoms with E-state index in [0.717, 1.165) is 12.3 Å². The topological polar surface area (TPSA) is 104 Å². The number of carbonyl (C=O) groups excluding carboxylic acids is 1. The van der Waals surface area contributed by atoms with Gasteiger partial charge in [0.15, 0.2) is 0 Å². The minimum Gasteiger partial charge on any atom is -0.493 e. The van der Waals surface area contributed by atoms with E-state index in [1.807, 2.05) is 0 Å². The third-order valence-electron chi connectivity index (χ3n) is 5.41. The molecule has 192 valence electrons. The van der Waals surface area contributed by atoms with E-state index < -0.39 is 41.9 Å². The molecule has 1 amide bonds.